The highest BCUT2D eigenvalue weighted by Crippen LogP contribution is 2.34. The second kappa shape index (κ2) is 10.4. The summed E-state index contributed by atoms with van der Waals surface area (Å²) in [6, 6.07) is 23.0. The van der Waals surface area contributed by atoms with Crippen LogP contribution in [0, 0.1) is 0 Å². The Morgan fingerprint density at radius 3 is 2.53 bits per heavy atom. The lowest BCUT2D eigenvalue weighted by Crippen LogP contribution is -2.29. The standard InChI is InChI=1S/C28H27N5O3/c1-36-23-12-10-21(11-13-23)25-17-24(20-7-3-2-4-8-20)31-33(25)28(35)15-14-27(34)29-18-22-19-32-16-6-5-9-26(32)30-22/h2-13,16,19,25H,14-15,17-18H2,1H3,(H,29,34)/t25-/m0/s1. The zero-order valence-corrected chi connectivity index (χ0v) is 20.0. The predicted octanol–water partition coefficient (Wildman–Crippen LogP) is 4.12. The number of ether oxygens (including phenoxy) is 1. The third-order valence-electron chi connectivity index (χ3n) is 6.22. The zero-order valence-electron chi connectivity index (χ0n) is 20.0. The molecule has 8 heteroatoms. The van der Waals surface area contributed by atoms with E-state index in [4.69, 9.17) is 4.74 Å². The molecule has 1 aliphatic heterocycles. The van der Waals surface area contributed by atoms with Gasteiger partial charge in [-0.1, -0.05) is 48.5 Å². The lowest BCUT2D eigenvalue weighted by molar-refractivity contribution is -0.135. The summed E-state index contributed by atoms with van der Waals surface area (Å²) in [6.07, 6.45) is 4.53. The molecule has 4 aromatic rings. The number of fused-ring (bicyclic) bond motifs is 1. The van der Waals surface area contributed by atoms with Gasteiger partial charge in [-0.25, -0.2) is 9.99 Å². The average Bonchev–Trinajstić information content (AvgIpc) is 3.56. The molecule has 8 nitrogen and oxygen atoms in total. The summed E-state index contributed by atoms with van der Waals surface area (Å²) in [5.41, 5.74) is 4.38. The maximum Gasteiger partial charge on any atom is 0.243 e. The number of methoxy groups -OCH3 is 1. The van der Waals surface area contributed by atoms with E-state index in [1.165, 1.54) is 5.01 Å². The van der Waals surface area contributed by atoms with Crippen LogP contribution in [0.25, 0.3) is 5.65 Å². The van der Waals surface area contributed by atoms with Crippen molar-refractivity contribution in [1.82, 2.24) is 19.7 Å². The average molecular weight is 482 g/mol. The SMILES string of the molecule is COc1ccc([C@@H]2CC(c3ccccc3)=NN2C(=O)CCC(=O)NCc2cn3ccccc3n2)cc1. The molecule has 0 spiro atoms. The van der Waals surface area contributed by atoms with Crippen molar-refractivity contribution in [2.75, 3.05) is 7.11 Å². The molecule has 36 heavy (non-hydrogen) atoms. The second-order valence-electron chi connectivity index (χ2n) is 8.62. The number of aromatic nitrogens is 2. The Hall–Kier alpha value is -4.46. The fraction of sp³-hybridized carbons (Fsp3) is 0.214. The molecular formula is C28H27N5O3. The molecule has 0 unspecified atom stereocenters. The van der Waals surface area contributed by atoms with Gasteiger partial charge in [0.2, 0.25) is 11.8 Å². The topological polar surface area (TPSA) is 88.3 Å². The van der Waals surface area contributed by atoms with Crippen LogP contribution in [0.2, 0.25) is 0 Å². The second-order valence-corrected chi connectivity index (χ2v) is 8.62. The van der Waals surface area contributed by atoms with Gasteiger partial charge in [-0.2, -0.15) is 5.10 Å². The molecule has 5 rings (SSSR count). The molecule has 0 saturated carbocycles. The normalized spacial score (nSPS) is 15.1. The van der Waals surface area contributed by atoms with Crippen LogP contribution in [0.15, 0.2) is 90.3 Å². The minimum Gasteiger partial charge on any atom is -0.497 e. The van der Waals surface area contributed by atoms with Gasteiger partial charge in [0, 0.05) is 31.7 Å². The van der Waals surface area contributed by atoms with Crippen molar-refractivity contribution >= 4 is 23.2 Å². The van der Waals surface area contributed by atoms with E-state index >= 15 is 0 Å². The van der Waals surface area contributed by atoms with Gasteiger partial charge in [-0.05, 0) is 35.4 Å². The van der Waals surface area contributed by atoms with Crippen LogP contribution in [-0.4, -0.2) is 39.0 Å². The number of hydrazone groups is 1. The number of amides is 2. The first-order valence-electron chi connectivity index (χ1n) is 11.9. The van der Waals surface area contributed by atoms with Gasteiger partial charge in [0.25, 0.3) is 0 Å². The lowest BCUT2D eigenvalue weighted by Gasteiger charge is -2.22. The van der Waals surface area contributed by atoms with Crippen LogP contribution in [0.5, 0.6) is 5.75 Å². The van der Waals surface area contributed by atoms with Gasteiger partial charge in [-0.3, -0.25) is 9.59 Å². The predicted molar refractivity (Wildman–Crippen MR) is 136 cm³/mol. The molecule has 1 N–H and O–H groups in total. The summed E-state index contributed by atoms with van der Waals surface area (Å²) < 4.78 is 7.18. The number of nitrogens with one attached hydrogen (secondary N) is 1. The van der Waals surface area contributed by atoms with Gasteiger partial charge in [0.15, 0.2) is 0 Å². The molecule has 0 bridgehead atoms. The molecule has 2 aromatic carbocycles. The third-order valence-corrected chi connectivity index (χ3v) is 6.22. The van der Waals surface area contributed by atoms with Crippen molar-refractivity contribution in [2.45, 2.75) is 31.8 Å². The van der Waals surface area contributed by atoms with E-state index in [1.54, 1.807) is 7.11 Å². The van der Waals surface area contributed by atoms with Crippen LogP contribution < -0.4 is 10.1 Å². The summed E-state index contributed by atoms with van der Waals surface area (Å²) in [5.74, 6) is 0.360. The van der Waals surface area contributed by atoms with E-state index in [-0.39, 0.29) is 30.7 Å². The quantitative estimate of drug-likeness (QED) is 0.410. The fourth-order valence-electron chi connectivity index (χ4n) is 4.32. The first-order valence-corrected chi connectivity index (χ1v) is 11.9. The summed E-state index contributed by atoms with van der Waals surface area (Å²) >= 11 is 0. The van der Waals surface area contributed by atoms with Gasteiger partial charge in [-0.15, -0.1) is 0 Å². The number of pyridine rings is 1. The lowest BCUT2D eigenvalue weighted by atomic mass is 9.98. The van der Waals surface area contributed by atoms with E-state index in [1.807, 2.05) is 89.6 Å². The number of rotatable bonds is 8. The summed E-state index contributed by atoms with van der Waals surface area (Å²) in [6.45, 7) is 0.309. The van der Waals surface area contributed by atoms with Crippen molar-refractivity contribution in [3.63, 3.8) is 0 Å². The Balaban J connectivity index is 1.24. The Morgan fingerprint density at radius 1 is 1.00 bits per heavy atom. The van der Waals surface area contributed by atoms with E-state index in [0.29, 0.717) is 13.0 Å². The number of benzene rings is 2. The molecule has 2 aromatic heterocycles. The third kappa shape index (κ3) is 5.12. The molecule has 0 radical (unpaired) electrons. The summed E-state index contributed by atoms with van der Waals surface area (Å²) in [4.78, 5) is 30.2. The smallest absolute Gasteiger partial charge is 0.243 e. The zero-order chi connectivity index (χ0) is 24.9. The Morgan fingerprint density at radius 2 is 1.78 bits per heavy atom. The number of nitrogens with zero attached hydrogens (tertiary/aromatic N) is 4. The number of hydrogen-bond acceptors (Lipinski definition) is 5. The Bertz CT molecular complexity index is 1360. The van der Waals surface area contributed by atoms with E-state index < -0.39 is 0 Å². The maximum absolute atomic E-state index is 13.2. The fourth-order valence-corrected chi connectivity index (χ4v) is 4.32. The van der Waals surface area contributed by atoms with Crippen LogP contribution in [-0.2, 0) is 16.1 Å². The first kappa shape index (κ1) is 23.3. The largest absolute Gasteiger partial charge is 0.497 e. The van der Waals surface area contributed by atoms with Crippen LogP contribution in [0.4, 0.5) is 0 Å². The first-order chi connectivity index (χ1) is 17.6. The van der Waals surface area contributed by atoms with Crippen molar-refractivity contribution in [3.8, 4) is 5.75 Å². The van der Waals surface area contributed by atoms with Crippen LogP contribution in [0.1, 0.15) is 42.1 Å². The van der Waals surface area contributed by atoms with Crippen molar-refractivity contribution in [3.05, 3.63) is 102 Å². The highest BCUT2D eigenvalue weighted by atomic mass is 16.5. The Labute approximate surface area is 209 Å². The highest BCUT2D eigenvalue weighted by Gasteiger charge is 2.33. The summed E-state index contributed by atoms with van der Waals surface area (Å²) in [5, 5.41) is 9.07. The molecule has 1 atom stereocenters. The van der Waals surface area contributed by atoms with Crippen molar-refractivity contribution in [1.29, 1.82) is 0 Å². The molecule has 2 amide bonds. The molecular weight excluding hydrogens is 454 g/mol. The minimum absolute atomic E-state index is 0.0647. The van der Waals surface area contributed by atoms with Crippen LogP contribution in [0.3, 0.4) is 0 Å². The molecule has 0 saturated heterocycles. The molecule has 0 fully saturated rings. The van der Waals surface area contributed by atoms with Crippen molar-refractivity contribution < 1.29 is 14.3 Å². The molecule has 3 heterocycles. The molecule has 182 valence electrons. The number of carbonyl (C=O) groups excluding carboxylic acids is 2. The number of carbonyl (C=O) groups is 2. The van der Waals surface area contributed by atoms with E-state index in [2.05, 4.69) is 15.4 Å². The maximum atomic E-state index is 13.2. The van der Waals surface area contributed by atoms with Gasteiger partial charge < -0.3 is 14.5 Å². The monoisotopic (exact) mass is 481 g/mol. The van der Waals surface area contributed by atoms with Gasteiger partial charge in [0.1, 0.15) is 11.4 Å². The van der Waals surface area contributed by atoms with Gasteiger partial charge in [0.05, 0.1) is 31.1 Å². The van der Waals surface area contributed by atoms with E-state index in [9.17, 15) is 9.59 Å². The highest BCUT2D eigenvalue weighted by molar-refractivity contribution is 6.03. The molecule has 1 aliphatic rings. The van der Waals surface area contributed by atoms with E-state index in [0.717, 1.165) is 33.9 Å². The van der Waals surface area contributed by atoms with Crippen molar-refractivity contribution in [2.24, 2.45) is 5.10 Å². The summed E-state index contributed by atoms with van der Waals surface area (Å²) in [7, 11) is 1.62. The number of hydrogen-bond donors (Lipinski definition) is 1. The minimum atomic E-state index is -0.236. The number of imidazole rings is 1. The van der Waals surface area contributed by atoms with Gasteiger partial charge >= 0.3 is 0 Å². The molecule has 0 aliphatic carbocycles. The Kier molecular flexibility index (Phi) is 6.75. The van der Waals surface area contributed by atoms with Crippen LogP contribution >= 0.6 is 0 Å².